The number of rotatable bonds is 4. The topological polar surface area (TPSA) is 28.2 Å². The van der Waals surface area contributed by atoms with E-state index in [0.717, 1.165) is 33.6 Å². The molecule has 17 heavy (non-hydrogen) atoms. The summed E-state index contributed by atoms with van der Waals surface area (Å²) in [5, 5.41) is 3.26. The minimum atomic E-state index is 0.786. The molecule has 0 bridgehead atoms. The molecule has 1 atom stereocenters. The molecule has 0 spiro atoms. The fourth-order valence-corrected chi connectivity index (χ4v) is 3.40. The van der Waals surface area contributed by atoms with Gasteiger partial charge in [0.05, 0.1) is 5.69 Å². The number of aromatic nitrogens is 1. The maximum atomic E-state index is 4.46. The molecule has 1 aromatic heterocycles. The lowest BCUT2D eigenvalue weighted by atomic mass is 10.1. The molecular weight excluding hydrogens is 346 g/mol. The van der Waals surface area contributed by atoms with Gasteiger partial charge in [-0.2, -0.15) is 0 Å². The average molecular weight is 363 g/mol. The van der Waals surface area contributed by atoms with E-state index in [1.54, 1.807) is 0 Å². The highest BCUT2D eigenvalue weighted by atomic mass is 79.9. The molecule has 94 valence electrons. The van der Waals surface area contributed by atoms with Crippen LogP contribution in [0.5, 0.6) is 0 Å². The third-order valence-corrected chi connectivity index (χ3v) is 4.24. The molecule has 1 aliphatic heterocycles. The summed E-state index contributed by atoms with van der Waals surface area (Å²) < 4.78 is 2.10. The second-order valence-corrected chi connectivity index (χ2v) is 6.30. The maximum absolute atomic E-state index is 4.46. The van der Waals surface area contributed by atoms with E-state index in [2.05, 4.69) is 53.1 Å². The molecule has 0 radical (unpaired) electrons. The zero-order chi connectivity index (χ0) is 12.3. The van der Waals surface area contributed by atoms with Crippen LogP contribution in [0, 0.1) is 5.92 Å². The molecule has 1 saturated heterocycles. The SMILES string of the molecule is CNCC1CCN(Cc2ncc(Br)cc2Br)C1. The molecule has 1 aromatic rings. The van der Waals surface area contributed by atoms with Gasteiger partial charge in [0.25, 0.3) is 0 Å². The standard InChI is InChI=1S/C12H17Br2N3/c1-15-5-9-2-3-17(7-9)8-12-11(14)4-10(13)6-16-12/h4,6,9,15H,2-3,5,7-8H2,1H3. The summed E-state index contributed by atoms with van der Waals surface area (Å²) in [6.45, 7) is 4.40. The van der Waals surface area contributed by atoms with Gasteiger partial charge in [-0.05, 0) is 70.4 Å². The van der Waals surface area contributed by atoms with Crippen molar-refractivity contribution in [2.45, 2.75) is 13.0 Å². The second-order valence-electron chi connectivity index (χ2n) is 4.53. The number of halogens is 2. The van der Waals surface area contributed by atoms with Crippen LogP contribution in [0.1, 0.15) is 12.1 Å². The molecular formula is C12H17Br2N3. The summed E-state index contributed by atoms with van der Waals surface area (Å²) in [5.74, 6) is 0.786. The summed E-state index contributed by atoms with van der Waals surface area (Å²) in [7, 11) is 2.02. The fourth-order valence-electron chi connectivity index (χ4n) is 2.28. The minimum Gasteiger partial charge on any atom is -0.319 e. The highest BCUT2D eigenvalue weighted by molar-refractivity contribution is 9.11. The minimum absolute atomic E-state index is 0.786. The van der Waals surface area contributed by atoms with Gasteiger partial charge in [-0.1, -0.05) is 0 Å². The van der Waals surface area contributed by atoms with Crippen LogP contribution in [-0.2, 0) is 6.54 Å². The molecule has 2 heterocycles. The van der Waals surface area contributed by atoms with Crippen molar-refractivity contribution >= 4 is 31.9 Å². The Morgan fingerprint density at radius 3 is 3.06 bits per heavy atom. The molecule has 0 saturated carbocycles. The Balaban J connectivity index is 1.93. The Hall–Kier alpha value is 0.0300. The Kier molecular flexibility index (Phi) is 4.97. The van der Waals surface area contributed by atoms with Crippen molar-refractivity contribution in [1.29, 1.82) is 0 Å². The molecule has 2 rings (SSSR count). The molecule has 0 amide bonds. The summed E-state index contributed by atoms with van der Waals surface area (Å²) in [6, 6.07) is 2.06. The van der Waals surface area contributed by atoms with Gasteiger partial charge in [-0.25, -0.2) is 0 Å². The van der Waals surface area contributed by atoms with Crippen molar-refractivity contribution < 1.29 is 0 Å². The number of likely N-dealkylation sites (tertiary alicyclic amines) is 1. The largest absolute Gasteiger partial charge is 0.319 e. The van der Waals surface area contributed by atoms with Crippen molar-refractivity contribution in [3.63, 3.8) is 0 Å². The van der Waals surface area contributed by atoms with E-state index in [0.29, 0.717) is 0 Å². The van der Waals surface area contributed by atoms with Gasteiger partial charge in [-0.3, -0.25) is 9.88 Å². The van der Waals surface area contributed by atoms with Crippen LogP contribution in [0.15, 0.2) is 21.2 Å². The van der Waals surface area contributed by atoms with Gasteiger partial charge in [-0.15, -0.1) is 0 Å². The third kappa shape index (κ3) is 3.74. The van der Waals surface area contributed by atoms with Crippen LogP contribution in [0.25, 0.3) is 0 Å². The Bertz CT molecular complexity index is 384. The molecule has 1 fully saturated rings. The van der Waals surface area contributed by atoms with Crippen molar-refractivity contribution in [2.24, 2.45) is 5.92 Å². The van der Waals surface area contributed by atoms with E-state index in [4.69, 9.17) is 0 Å². The van der Waals surface area contributed by atoms with Crippen LogP contribution < -0.4 is 5.32 Å². The lowest BCUT2D eigenvalue weighted by Gasteiger charge is -2.16. The zero-order valence-electron chi connectivity index (χ0n) is 9.92. The second kappa shape index (κ2) is 6.27. The zero-order valence-corrected chi connectivity index (χ0v) is 13.1. The first-order chi connectivity index (χ1) is 8.19. The molecule has 3 nitrogen and oxygen atoms in total. The molecule has 0 aromatic carbocycles. The number of hydrogen-bond acceptors (Lipinski definition) is 3. The van der Waals surface area contributed by atoms with Crippen LogP contribution in [0.3, 0.4) is 0 Å². The van der Waals surface area contributed by atoms with E-state index < -0.39 is 0 Å². The monoisotopic (exact) mass is 361 g/mol. The van der Waals surface area contributed by atoms with Crippen molar-refractivity contribution in [1.82, 2.24) is 15.2 Å². The number of pyridine rings is 1. The van der Waals surface area contributed by atoms with Gasteiger partial charge < -0.3 is 5.32 Å². The van der Waals surface area contributed by atoms with Crippen LogP contribution >= 0.6 is 31.9 Å². The van der Waals surface area contributed by atoms with Crippen molar-refractivity contribution in [3.8, 4) is 0 Å². The lowest BCUT2D eigenvalue weighted by Crippen LogP contribution is -2.24. The Morgan fingerprint density at radius 1 is 1.53 bits per heavy atom. The van der Waals surface area contributed by atoms with Crippen LogP contribution in [-0.4, -0.2) is 36.6 Å². The van der Waals surface area contributed by atoms with Crippen LogP contribution in [0.2, 0.25) is 0 Å². The van der Waals surface area contributed by atoms with E-state index in [9.17, 15) is 0 Å². The first-order valence-electron chi connectivity index (χ1n) is 5.86. The van der Waals surface area contributed by atoms with Gasteiger partial charge >= 0.3 is 0 Å². The first-order valence-corrected chi connectivity index (χ1v) is 7.44. The third-order valence-electron chi connectivity index (χ3n) is 3.12. The highest BCUT2D eigenvalue weighted by Gasteiger charge is 2.22. The molecule has 1 N–H and O–H groups in total. The molecule has 1 aliphatic rings. The van der Waals surface area contributed by atoms with Gasteiger partial charge in [0.15, 0.2) is 0 Å². The predicted octanol–water partition coefficient (Wildman–Crippen LogP) is 2.65. The average Bonchev–Trinajstić information content (AvgIpc) is 2.71. The molecule has 0 aliphatic carbocycles. The Labute approximate surface area is 119 Å². The number of nitrogens with zero attached hydrogens (tertiary/aromatic N) is 2. The summed E-state index contributed by atoms with van der Waals surface area (Å²) in [6.07, 6.45) is 3.15. The van der Waals surface area contributed by atoms with E-state index in [-0.39, 0.29) is 0 Å². The summed E-state index contributed by atoms with van der Waals surface area (Å²) >= 11 is 6.99. The van der Waals surface area contributed by atoms with E-state index in [1.165, 1.54) is 19.5 Å². The Morgan fingerprint density at radius 2 is 2.35 bits per heavy atom. The number of nitrogens with one attached hydrogen (secondary N) is 1. The maximum Gasteiger partial charge on any atom is 0.0686 e. The highest BCUT2D eigenvalue weighted by Crippen LogP contribution is 2.23. The van der Waals surface area contributed by atoms with Crippen molar-refractivity contribution in [3.05, 3.63) is 26.9 Å². The number of hydrogen-bond donors (Lipinski definition) is 1. The van der Waals surface area contributed by atoms with Crippen molar-refractivity contribution in [2.75, 3.05) is 26.7 Å². The summed E-state index contributed by atoms with van der Waals surface area (Å²) in [4.78, 5) is 6.94. The molecule has 1 unspecified atom stereocenters. The van der Waals surface area contributed by atoms with Crippen LogP contribution in [0.4, 0.5) is 0 Å². The predicted molar refractivity (Wildman–Crippen MR) is 76.9 cm³/mol. The van der Waals surface area contributed by atoms with E-state index in [1.807, 2.05) is 13.2 Å². The van der Waals surface area contributed by atoms with Gasteiger partial charge in [0.1, 0.15) is 0 Å². The van der Waals surface area contributed by atoms with E-state index >= 15 is 0 Å². The quantitative estimate of drug-likeness (QED) is 0.892. The summed E-state index contributed by atoms with van der Waals surface area (Å²) in [5.41, 5.74) is 1.12. The first kappa shape index (κ1) is 13.5. The normalized spacial score (nSPS) is 21.0. The smallest absolute Gasteiger partial charge is 0.0686 e. The molecule has 5 heteroatoms. The lowest BCUT2D eigenvalue weighted by molar-refractivity contribution is 0.311. The fraction of sp³-hybridized carbons (Fsp3) is 0.583. The van der Waals surface area contributed by atoms with Gasteiger partial charge in [0, 0.05) is 28.2 Å². The van der Waals surface area contributed by atoms with Gasteiger partial charge in [0.2, 0.25) is 0 Å².